The van der Waals surface area contributed by atoms with Crippen LogP contribution >= 0.6 is 0 Å². The van der Waals surface area contributed by atoms with Crippen LogP contribution in [0.4, 0.5) is 5.82 Å². The van der Waals surface area contributed by atoms with Gasteiger partial charge in [-0.15, -0.1) is 0 Å². The van der Waals surface area contributed by atoms with Crippen molar-refractivity contribution in [3.05, 3.63) is 89.6 Å². The van der Waals surface area contributed by atoms with Gasteiger partial charge < -0.3 is 10.1 Å². The second-order valence-corrected chi connectivity index (χ2v) is 8.86. The van der Waals surface area contributed by atoms with Gasteiger partial charge in [0.2, 0.25) is 5.91 Å². The molecule has 0 fully saturated rings. The minimum Gasteiger partial charge on any atom is -0.494 e. The van der Waals surface area contributed by atoms with E-state index in [1.54, 1.807) is 4.68 Å². The Morgan fingerprint density at radius 2 is 1.74 bits per heavy atom. The quantitative estimate of drug-likeness (QED) is 0.287. The van der Waals surface area contributed by atoms with Gasteiger partial charge in [0.25, 0.3) is 0 Å². The van der Waals surface area contributed by atoms with Gasteiger partial charge in [0.1, 0.15) is 11.6 Å². The van der Waals surface area contributed by atoms with E-state index in [0.29, 0.717) is 31.1 Å². The maximum Gasteiger partial charge on any atom is 0.225 e. The Labute approximate surface area is 204 Å². The number of ether oxygens (including phenoxy) is 1. The van der Waals surface area contributed by atoms with Crippen molar-refractivity contribution in [2.45, 2.75) is 33.6 Å². The molecular formula is C29H28N4O2. The molecule has 0 saturated carbocycles. The number of anilines is 1. The summed E-state index contributed by atoms with van der Waals surface area (Å²) in [6.07, 6.45) is 0.958. The molecule has 0 saturated heterocycles. The Morgan fingerprint density at radius 1 is 0.914 bits per heavy atom. The van der Waals surface area contributed by atoms with Gasteiger partial charge in [-0.1, -0.05) is 48.5 Å². The molecule has 2 aromatic heterocycles. The number of benzene rings is 3. The maximum atomic E-state index is 12.7. The van der Waals surface area contributed by atoms with E-state index in [2.05, 4.69) is 48.5 Å². The monoisotopic (exact) mass is 464 g/mol. The highest BCUT2D eigenvalue weighted by Gasteiger charge is 2.14. The van der Waals surface area contributed by atoms with Crippen molar-refractivity contribution in [1.82, 2.24) is 14.8 Å². The van der Waals surface area contributed by atoms with E-state index in [4.69, 9.17) is 9.72 Å². The lowest BCUT2D eigenvalue weighted by atomic mass is 10.1. The predicted molar refractivity (Wildman–Crippen MR) is 140 cm³/mol. The number of amides is 1. The molecule has 2 heterocycles. The molecule has 0 aliphatic carbocycles. The first kappa shape index (κ1) is 22.6. The summed E-state index contributed by atoms with van der Waals surface area (Å²) < 4.78 is 7.58. The van der Waals surface area contributed by atoms with Crippen LogP contribution in [-0.4, -0.2) is 27.3 Å². The fraction of sp³-hybridized carbons (Fsp3) is 0.207. The van der Waals surface area contributed by atoms with Crippen molar-refractivity contribution >= 4 is 33.4 Å². The molecule has 0 radical (unpaired) electrons. The lowest BCUT2D eigenvalue weighted by molar-refractivity contribution is -0.116. The summed E-state index contributed by atoms with van der Waals surface area (Å²) in [4.78, 5) is 17.5. The van der Waals surface area contributed by atoms with Gasteiger partial charge in [-0.2, -0.15) is 9.78 Å². The Balaban J connectivity index is 1.24. The fourth-order valence-corrected chi connectivity index (χ4v) is 4.30. The molecule has 35 heavy (non-hydrogen) atoms. The molecule has 0 unspecified atom stereocenters. The zero-order chi connectivity index (χ0) is 24.4. The standard InChI is InChI=1S/C29H28N4O2/c1-19-8-6-11-25-20(2)16-26(31-29(19)25)33-27(17-21(3)32-33)30-28(34)12-7-15-35-24-14-13-22-9-4-5-10-23(22)18-24/h4-6,8-11,13-14,16-18H,7,12,15H2,1-3H3,(H,30,34). The molecule has 6 heteroatoms. The third kappa shape index (κ3) is 4.87. The van der Waals surface area contributed by atoms with E-state index >= 15 is 0 Å². The number of para-hydroxylation sites is 1. The molecule has 0 spiro atoms. The van der Waals surface area contributed by atoms with E-state index in [0.717, 1.165) is 38.9 Å². The number of pyridine rings is 1. The number of fused-ring (bicyclic) bond motifs is 2. The Morgan fingerprint density at radius 3 is 2.60 bits per heavy atom. The van der Waals surface area contributed by atoms with Crippen molar-refractivity contribution in [2.24, 2.45) is 0 Å². The third-order valence-corrected chi connectivity index (χ3v) is 6.09. The first-order chi connectivity index (χ1) is 17.0. The van der Waals surface area contributed by atoms with Gasteiger partial charge in [0.15, 0.2) is 5.82 Å². The van der Waals surface area contributed by atoms with E-state index in [-0.39, 0.29) is 5.91 Å². The Bertz CT molecular complexity index is 1540. The van der Waals surface area contributed by atoms with Gasteiger partial charge >= 0.3 is 0 Å². The summed E-state index contributed by atoms with van der Waals surface area (Å²) in [7, 11) is 0. The van der Waals surface area contributed by atoms with Gasteiger partial charge in [-0.05, 0) is 67.3 Å². The van der Waals surface area contributed by atoms with E-state index < -0.39 is 0 Å². The van der Waals surface area contributed by atoms with Crippen LogP contribution in [0.25, 0.3) is 27.5 Å². The van der Waals surface area contributed by atoms with Crippen LogP contribution in [-0.2, 0) is 4.79 Å². The number of aryl methyl sites for hydroxylation is 3. The minimum absolute atomic E-state index is 0.0815. The molecule has 0 atom stereocenters. The summed E-state index contributed by atoms with van der Waals surface area (Å²) in [6, 6.07) is 24.2. The normalized spacial score (nSPS) is 11.2. The number of nitrogens with zero attached hydrogens (tertiary/aromatic N) is 3. The molecule has 6 nitrogen and oxygen atoms in total. The number of carbonyl (C=O) groups excluding carboxylic acids is 1. The van der Waals surface area contributed by atoms with Crippen LogP contribution in [0.2, 0.25) is 0 Å². The highest BCUT2D eigenvalue weighted by atomic mass is 16.5. The van der Waals surface area contributed by atoms with Crippen molar-refractivity contribution in [3.63, 3.8) is 0 Å². The zero-order valence-electron chi connectivity index (χ0n) is 20.2. The van der Waals surface area contributed by atoms with Crippen LogP contribution in [0, 0.1) is 20.8 Å². The Kier molecular flexibility index (Phi) is 6.19. The van der Waals surface area contributed by atoms with Gasteiger partial charge in [-0.25, -0.2) is 4.98 Å². The molecule has 0 aliphatic heterocycles. The number of aromatic nitrogens is 3. The van der Waals surface area contributed by atoms with Crippen molar-refractivity contribution in [3.8, 4) is 11.6 Å². The molecule has 5 aromatic rings. The molecule has 0 bridgehead atoms. The second kappa shape index (κ2) is 9.58. The zero-order valence-corrected chi connectivity index (χ0v) is 20.2. The van der Waals surface area contributed by atoms with Gasteiger partial charge in [0.05, 0.1) is 17.8 Å². The average Bonchev–Trinajstić information content (AvgIpc) is 3.22. The topological polar surface area (TPSA) is 69.0 Å². The molecule has 3 aromatic carbocycles. The summed E-state index contributed by atoms with van der Waals surface area (Å²) in [5.41, 5.74) is 3.97. The summed E-state index contributed by atoms with van der Waals surface area (Å²) >= 11 is 0. The van der Waals surface area contributed by atoms with Gasteiger partial charge in [0, 0.05) is 17.9 Å². The van der Waals surface area contributed by atoms with Crippen LogP contribution in [0.15, 0.2) is 72.8 Å². The summed E-state index contributed by atoms with van der Waals surface area (Å²) in [5, 5.41) is 11.0. The predicted octanol–water partition coefficient (Wildman–Crippen LogP) is 6.30. The molecule has 176 valence electrons. The van der Waals surface area contributed by atoms with Crippen LogP contribution in [0.3, 0.4) is 0 Å². The highest BCUT2D eigenvalue weighted by Crippen LogP contribution is 2.25. The van der Waals surface area contributed by atoms with Crippen molar-refractivity contribution in [2.75, 3.05) is 11.9 Å². The van der Waals surface area contributed by atoms with Crippen molar-refractivity contribution in [1.29, 1.82) is 0 Å². The molecule has 5 rings (SSSR count). The van der Waals surface area contributed by atoms with E-state index in [1.165, 1.54) is 5.39 Å². The SMILES string of the molecule is Cc1cc(NC(=O)CCCOc2ccc3ccccc3c2)n(-c2cc(C)c3cccc(C)c3n2)n1. The summed E-state index contributed by atoms with van der Waals surface area (Å²) in [6.45, 7) is 6.49. The smallest absolute Gasteiger partial charge is 0.225 e. The first-order valence-corrected chi connectivity index (χ1v) is 11.8. The average molecular weight is 465 g/mol. The second-order valence-electron chi connectivity index (χ2n) is 8.86. The Hall–Kier alpha value is -4.19. The number of hydrogen-bond acceptors (Lipinski definition) is 4. The molecular weight excluding hydrogens is 436 g/mol. The van der Waals surface area contributed by atoms with E-state index in [1.807, 2.05) is 55.5 Å². The lowest BCUT2D eigenvalue weighted by Gasteiger charge is -2.12. The lowest BCUT2D eigenvalue weighted by Crippen LogP contribution is -2.16. The number of nitrogens with one attached hydrogen (secondary N) is 1. The van der Waals surface area contributed by atoms with Crippen LogP contribution in [0.5, 0.6) is 5.75 Å². The number of hydrogen-bond donors (Lipinski definition) is 1. The minimum atomic E-state index is -0.0815. The third-order valence-electron chi connectivity index (χ3n) is 6.09. The van der Waals surface area contributed by atoms with Crippen LogP contribution < -0.4 is 10.1 Å². The van der Waals surface area contributed by atoms with Crippen molar-refractivity contribution < 1.29 is 9.53 Å². The first-order valence-electron chi connectivity index (χ1n) is 11.8. The largest absolute Gasteiger partial charge is 0.494 e. The van der Waals surface area contributed by atoms with Gasteiger partial charge in [-0.3, -0.25) is 4.79 Å². The molecule has 1 N–H and O–H groups in total. The molecule has 1 amide bonds. The van der Waals surface area contributed by atoms with E-state index in [9.17, 15) is 4.79 Å². The number of carbonyl (C=O) groups is 1. The molecule has 0 aliphatic rings. The fourth-order valence-electron chi connectivity index (χ4n) is 4.30. The van der Waals surface area contributed by atoms with Crippen LogP contribution in [0.1, 0.15) is 29.7 Å². The highest BCUT2D eigenvalue weighted by molar-refractivity contribution is 5.90. The maximum absolute atomic E-state index is 12.7. The number of rotatable bonds is 7. The summed E-state index contributed by atoms with van der Waals surface area (Å²) in [5.74, 6) is 2.03.